The second-order valence-electron chi connectivity index (χ2n) is 4.42. The molecule has 0 aromatic rings. The highest BCUT2D eigenvalue weighted by atomic mass is 16.5. The van der Waals surface area contributed by atoms with E-state index in [1.165, 1.54) is 19.3 Å². The van der Waals surface area contributed by atoms with E-state index in [0.717, 1.165) is 38.5 Å². The van der Waals surface area contributed by atoms with Gasteiger partial charge in [0.1, 0.15) is 0 Å². The summed E-state index contributed by atoms with van der Waals surface area (Å²) < 4.78 is 5.27. The van der Waals surface area contributed by atoms with Crippen molar-refractivity contribution in [3.05, 3.63) is 6.92 Å². The summed E-state index contributed by atoms with van der Waals surface area (Å²) in [6, 6.07) is 0. The Labute approximate surface area is 93.4 Å². The molecule has 15 heavy (non-hydrogen) atoms. The van der Waals surface area contributed by atoms with Crippen LogP contribution in [-0.2, 0) is 9.53 Å². The number of rotatable bonds is 6. The Balaban J connectivity index is 2.02. The zero-order valence-electron chi connectivity index (χ0n) is 9.67. The van der Waals surface area contributed by atoms with E-state index in [2.05, 4.69) is 6.92 Å². The summed E-state index contributed by atoms with van der Waals surface area (Å²) in [5, 5.41) is 0. The predicted octanol–water partition coefficient (Wildman–Crippen LogP) is 3.50. The van der Waals surface area contributed by atoms with E-state index in [1.807, 2.05) is 0 Å². The molecule has 1 radical (unpaired) electrons. The normalized spacial score (nSPS) is 17.7. The van der Waals surface area contributed by atoms with Crippen LogP contribution in [0.25, 0.3) is 0 Å². The van der Waals surface area contributed by atoms with Crippen molar-refractivity contribution in [1.82, 2.24) is 0 Å². The quantitative estimate of drug-likeness (QED) is 0.496. The van der Waals surface area contributed by atoms with Gasteiger partial charge in [-0.1, -0.05) is 45.4 Å². The second-order valence-corrected chi connectivity index (χ2v) is 4.42. The van der Waals surface area contributed by atoms with Crippen LogP contribution in [0.15, 0.2) is 0 Å². The number of esters is 1. The molecular formula is C13H23O2. The molecule has 1 aliphatic rings. The molecule has 1 aliphatic carbocycles. The van der Waals surface area contributed by atoms with Gasteiger partial charge in [0.2, 0.25) is 0 Å². The summed E-state index contributed by atoms with van der Waals surface area (Å²) in [5.74, 6) is 0.246. The van der Waals surface area contributed by atoms with Crippen LogP contribution >= 0.6 is 0 Å². The molecule has 87 valence electrons. The fourth-order valence-electron chi connectivity index (χ4n) is 2.08. The summed E-state index contributed by atoms with van der Waals surface area (Å²) >= 11 is 0. The average molecular weight is 211 g/mol. The van der Waals surface area contributed by atoms with E-state index in [1.54, 1.807) is 0 Å². The van der Waals surface area contributed by atoms with Crippen molar-refractivity contribution >= 4 is 5.97 Å². The molecule has 0 spiro atoms. The molecule has 0 atom stereocenters. The first-order chi connectivity index (χ1) is 7.34. The minimum atomic E-state index is 0.0457. The van der Waals surface area contributed by atoms with E-state index in [9.17, 15) is 4.79 Å². The molecule has 1 fully saturated rings. The highest BCUT2D eigenvalue weighted by Crippen LogP contribution is 2.24. The lowest BCUT2D eigenvalue weighted by atomic mass is 9.89. The molecule has 0 saturated heterocycles. The molecule has 0 aliphatic heterocycles. The fraction of sp³-hybridized carbons (Fsp3) is 0.846. The molecule has 2 nitrogen and oxygen atoms in total. The third kappa shape index (κ3) is 5.19. The maximum atomic E-state index is 11.6. The van der Waals surface area contributed by atoms with Crippen LogP contribution < -0.4 is 0 Å². The smallest absolute Gasteiger partial charge is 0.308 e. The SMILES string of the molecule is [CH2]CCCCCOC(=O)C1CCCCC1. The molecule has 0 unspecified atom stereocenters. The Morgan fingerprint density at radius 1 is 1.13 bits per heavy atom. The lowest BCUT2D eigenvalue weighted by molar-refractivity contribution is -0.149. The van der Waals surface area contributed by atoms with Crippen LogP contribution in [0, 0.1) is 12.8 Å². The Morgan fingerprint density at radius 3 is 2.53 bits per heavy atom. The first-order valence-corrected chi connectivity index (χ1v) is 6.30. The van der Waals surface area contributed by atoms with Crippen molar-refractivity contribution in [2.24, 2.45) is 5.92 Å². The molecular weight excluding hydrogens is 188 g/mol. The van der Waals surface area contributed by atoms with Crippen LogP contribution in [0.5, 0.6) is 0 Å². The van der Waals surface area contributed by atoms with Crippen LogP contribution in [-0.4, -0.2) is 12.6 Å². The van der Waals surface area contributed by atoms with Gasteiger partial charge in [-0.2, -0.15) is 0 Å². The van der Waals surface area contributed by atoms with Gasteiger partial charge >= 0.3 is 5.97 Å². The van der Waals surface area contributed by atoms with Crippen LogP contribution in [0.1, 0.15) is 57.8 Å². The van der Waals surface area contributed by atoms with E-state index in [0.29, 0.717) is 6.61 Å². The number of ether oxygens (including phenoxy) is 1. The van der Waals surface area contributed by atoms with E-state index < -0.39 is 0 Å². The van der Waals surface area contributed by atoms with Gasteiger partial charge < -0.3 is 4.74 Å². The van der Waals surface area contributed by atoms with E-state index >= 15 is 0 Å². The molecule has 0 aromatic heterocycles. The van der Waals surface area contributed by atoms with Crippen molar-refractivity contribution in [3.63, 3.8) is 0 Å². The predicted molar refractivity (Wildman–Crippen MR) is 61.4 cm³/mol. The van der Waals surface area contributed by atoms with Crippen molar-refractivity contribution in [2.75, 3.05) is 6.61 Å². The molecule has 2 heteroatoms. The summed E-state index contributed by atoms with van der Waals surface area (Å²) in [7, 11) is 0. The average Bonchev–Trinajstić information content (AvgIpc) is 2.30. The minimum absolute atomic E-state index is 0.0457. The molecule has 0 aromatic carbocycles. The number of hydrogen-bond acceptors (Lipinski definition) is 2. The van der Waals surface area contributed by atoms with Gasteiger partial charge in [0.05, 0.1) is 12.5 Å². The van der Waals surface area contributed by atoms with Gasteiger partial charge in [0, 0.05) is 0 Å². The van der Waals surface area contributed by atoms with Crippen molar-refractivity contribution in [3.8, 4) is 0 Å². The van der Waals surface area contributed by atoms with Crippen molar-refractivity contribution in [1.29, 1.82) is 0 Å². The summed E-state index contributed by atoms with van der Waals surface area (Å²) in [6.07, 6.45) is 10.00. The molecule has 0 bridgehead atoms. The lowest BCUT2D eigenvalue weighted by Gasteiger charge is -2.19. The molecule has 0 N–H and O–H groups in total. The zero-order chi connectivity index (χ0) is 10.9. The molecule has 0 amide bonds. The zero-order valence-corrected chi connectivity index (χ0v) is 9.67. The maximum Gasteiger partial charge on any atom is 0.308 e. The van der Waals surface area contributed by atoms with Gasteiger partial charge in [-0.05, 0) is 19.3 Å². The van der Waals surface area contributed by atoms with Gasteiger partial charge in [0.25, 0.3) is 0 Å². The summed E-state index contributed by atoms with van der Waals surface area (Å²) in [5.41, 5.74) is 0. The first kappa shape index (κ1) is 12.5. The summed E-state index contributed by atoms with van der Waals surface area (Å²) in [4.78, 5) is 11.6. The Hall–Kier alpha value is -0.530. The number of carbonyl (C=O) groups excluding carboxylic acids is 1. The van der Waals surface area contributed by atoms with E-state index in [-0.39, 0.29) is 11.9 Å². The number of unbranched alkanes of at least 4 members (excludes halogenated alkanes) is 3. The maximum absolute atomic E-state index is 11.6. The van der Waals surface area contributed by atoms with Crippen LogP contribution in [0.3, 0.4) is 0 Å². The van der Waals surface area contributed by atoms with Gasteiger partial charge in [-0.25, -0.2) is 0 Å². The van der Waals surface area contributed by atoms with Gasteiger partial charge in [-0.15, -0.1) is 0 Å². The van der Waals surface area contributed by atoms with E-state index in [4.69, 9.17) is 4.74 Å². The topological polar surface area (TPSA) is 26.3 Å². The molecule has 1 saturated carbocycles. The molecule has 0 heterocycles. The lowest BCUT2D eigenvalue weighted by Crippen LogP contribution is -2.20. The van der Waals surface area contributed by atoms with Crippen molar-refractivity contribution in [2.45, 2.75) is 57.8 Å². The third-order valence-corrected chi connectivity index (χ3v) is 3.08. The Morgan fingerprint density at radius 2 is 1.87 bits per heavy atom. The minimum Gasteiger partial charge on any atom is -0.465 e. The van der Waals surface area contributed by atoms with Crippen molar-refractivity contribution < 1.29 is 9.53 Å². The van der Waals surface area contributed by atoms with Gasteiger partial charge in [0.15, 0.2) is 0 Å². The highest BCUT2D eigenvalue weighted by molar-refractivity contribution is 5.72. The summed E-state index contributed by atoms with van der Waals surface area (Å²) in [6.45, 7) is 4.39. The monoisotopic (exact) mass is 211 g/mol. The number of carbonyl (C=O) groups is 1. The number of hydrogen-bond donors (Lipinski definition) is 0. The fourth-order valence-corrected chi connectivity index (χ4v) is 2.08. The Bertz CT molecular complexity index is 171. The third-order valence-electron chi connectivity index (χ3n) is 3.08. The highest BCUT2D eigenvalue weighted by Gasteiger charge is 2.21. The Kier molecular flexibility index (Phi) is 6.45. The first-order valence-electron chi connectivity index (χ1n) is 6.30. The standard InChI is InChI=1S/C13H23O2/c1-2-3-4-8-11-15-13(14)12-9-6-5-7-10-12/h12H,1-11H2. The molecule has 1 rings (SSSR count). The second kappa shape index (κ2) is 7.72. The van der Waals surface area contributed by atoms with Crippen LogP contribution in [0.4, 0.5) is 0 Å². The van der Waals surface area contributed by atoms with Gasteiger partial charge in [-0.3, -0.25) is 4.79 Å². The van der Waals surface area contributed by atoms with Crippen LogP contribution in [0.2, 0.25) is 0 Å². The largest absolute Gasteiger partial charge is 0.465 e.